The Morgan fingerprint density at radius 2 is 1.86 bits per heavy atom. The number of nitriles is 1. The molecule has 7 nitrogen and oxygen atoms in total. The molecule has 0 atom stereocenters. The summed E-state index contributed by atoms with van der Waals surface area (Å²) in [6.45, 7) is 4.42. The highest BCUT2D eigenvalue weighted by atomic mass is 16.1. The highest BCUT2D eigenvalue weighted by Crippen LogP contribution is 2.26. The largest absolute Gasteiger partial charge is 0.365 e. The Balaban J connectivity index is 1.19. The van der Waals surface area contributed by atoms with E-state index in [2.05, 4.69) is 32.0 Å². The predicted octanol–water partition coefficient (Wildman–Crippen LogP) is 3.96. The number of primary amides is 1. The lowest BCUT2D eigenvalue weighted by molar-refractivity contribution is 0.1000. The van der Waals surface area contributed by atoms with Crippen LogP contribution in [0.3, 0.4) is 0 Å². The number of H-pyrrole nitrogens is 1. The number of hydrogen-bond acceptors (Lipinski definition) is 5. The van der Waals surface area contributed by atoms with Crippen LogP contribution >= 0.6 is 0 Å². The summed E-state index contributed by atoms with van der Waals surface area (Å²) in [5.41, 5.74) is 11.1. The van der Waals surface area contributed by atoms with Crippen molar-refractivity contribution in [2.45, 2.75) is 12.8 Å². The zero-order valence-electron chi connectivity index (χ0n) is 19.6. The molecule has 4 aromatic rings. The van der Waals surface area contributed by atoms with Gasteiger partial charge in [-0.05, 0) is 54.8 Å². The van der Waals surface area contributed by atoms with E-state index in [0.717, 1.165) is 67.6 Å². The van der Waals surface area contributed by atoms with E-state index in [1.807, 2.05) is 60.8 Å². The normalized spacial score (nSPS) is 14.2. The van der Waals surface area contributed by atoms with Gasteiger partial charge in [-0.15, -0.1) is 0 Å². The number of nitrogens with one attached hydrogen (secondary N) is 1. The Hall–Kier alpha value is -4.15. The summed E-state index contributed by atoms with van der Waals surface area (Å²) in [4.78, 5) is 24.8. The maximum Gasteiger partial charge on any atom is 0.252 e. The number of rotatable bonds is 7. The number of aromatic nitrogens is 2. The molecule has 3 heterocycles. The number of aryl methyl sites for hydroxylation is 1. The Bertz CT molecular complexity index is 1380. The minimum atomic E-state index is -0.453. The average Bonchev–Trinajstić information content (AvgIpc) is 3.31. The topological polar surface area (TPSA) is 102 Å². The maximum atomic E-state index is 12.2. The number of pyridine rings is 1. The van der Waals surface area contributed by atoms with E-state index in [1.165, 1.54) is 5.56 Å². The molecule has 0 radical (unpaired) electrons. The number of hydrogen-bond donors (Lipinski definition) is 2. The fourth-order valence-electron chi connectivity index (χ4n) is 4.81. The number of aromatic amines is 1. The van der Waals surface area contributed by atoms with Crippen LogP contribution in [0.25, 0.3) is 22.0 Å². The second-order valence-corrected chi connectivity index (χ2v) is 8.94. The van der Waals surface area contributed by atoms with Crippen LogP contribution < -0.4 is 10.6 Å². The maximum absolute atomic E-state index is 12.2. The van der Waals surface area contributed by atoms with Crippen molar-refractivity contribution < 1.29 is 4.79 Å². The third-order valence-electron chi connectivity index (χ3n) is 6.73. The summed E-state index contributed by atoms with van der Waals surface area (Å²) >= 11 is 0. The molecule has 0 unspecified atom stereocenters. The van der Waals surface area contributed by atoms with Gasteiger partial charge in [-0.1, -0.05) is 30.3 Å². The molecule has 5 rings (SSSR count). The van der Waals surface area contributed by atoms with Gasteiger partial charge in [0.2, 0.25) is 0 Å². The smallest absolute Gasteiger partial charge is 0.252 e. The van der Waals surface area contributed by atoms with E-state index >= 15 is 0 Å². The monoisotopic (exact) mass is 464 g/mol. The van der Waals surface area contributed by atoms with E-state index in [9.17, 15) is 10.1 Å². The quantitative estimate of drug-likeness (QED) is 0.431. The fraction of sp³-hybridized carbons (Fsp3) is 0.250. The summed E-state index contributed by atoms with van der Waals surface area (Å²) in [6.07, 6.45) is 5.88. The van der Waals surface area contributed by atoms with Crippen molar-refractivity contribution in [3.63, 3.8) is 0 Å². The lowest BCUT2D eigenvalue weighted by atomic mass is 10.0. The number of nitrogens with two attached hydrogens (primary N) is 1. The second kappa shape index (κ2) is 10.00. The molecular formula is C28H28N6O. The van der Waals surface area contributed by atoms with Gasteiger partial charge in [0.15, 0.2) is 0 Å². The highest BCUT2D eigenvalue weighted by molar-refractivity contribution is 5.99. The summed E-state index contributed by atoms with van der Waals surface area (Å²) in [5, 5.41) is 10.3. The number of carbonyl (C=O) groups is 1. The van der Waals surface area contributed by atoms with Crippen LogP contribution in [0.1, 0.15) is 27.9 Å². The van der Waals surface area contributed by atoms with E-state index in [-0.39, 0.29) is 0 Å². The Kier molecular flexibility index (Phi) is 6.47. The predicted molar refractivity (Wildman–Crippen MR) is 138 cm³/mol. The standard InChI is InChI=1S/C28H28N6O/c29-17-20-8-9-26-24(15-20)22(18-31-26)7-4-10-33-11-13-34(14-12-33)28-25(27(30)35)16-23(19-32-28)21-5-2-1-3-6-21/h1-3,5-6,8-9,15-16,18-19,31H,4,7,10-14H2,(H2,30,35). The minimum Gasteiger partial charge on any atom is -0.365 e. The van der Waals surface area contributed by atoms with Crippen molar-refractivity contribution >= 4 is 22.6 Å². The first-order chi connectivity index (χ1) is 17.1. The summed E-state index contributed by atoms with van der Waals surface area (Å²) in [6, 6.07) is 19.7. The van der Waals surface area contributed by atoms with Gasteiger partial charge in [-0.3, -0.25) is 9.69 Å². The van der Waals surface area contributed by atoms with Gasteiger partial charge in [-0.25, -0.2) is 4.98 Å². The van der Waals surface area contributed by atoms with E-state index in [0.29, 0.717) is 16.9 Å². The third kappa shape index (κ3) is 4.88. The minimum absolute atomic E-state index is 0.453. The number of nitrogens with zero attached hydrogens (tertiary/aromatic N) is 4. The molecule has 176 valence electrons. The Morgan fingerprint density at radius 1 is 1.06 bits per heavy atom. The lowest BCUT2D eigenvalue weighted by Gasteiger charge is -2.36. The molecule has 35 heavy (non-hydrogen) atoms. The number of fused-ring (bicyclic) bond motifs is 1. The van der Waals surface area contributed by atoms with Crippen LogP contribution in [0.4, 0.5) is 5.82 Å². The van der Waals surface area contributed by atoms with Gasteiger partial charge < -0.3 is 15.6 Å². The molecule has 0 aliphatic carbocycles. The molecule has 0 saturated carbocycles. The van der Waals surface area contributed by atoms with Gasteiger partial charge in [-0.2, -0.15) is 5.26 Å². The van der Waals surface area contributed by atoms with Crippen LogP contribution in [0.5, 0.6) is 0 Å². The third-order valence-corrected chi connectivity index (χ3v) is 6.73. The van der Waals surface area contributed by atoms with Gasteiger partial charge in [0.05, 0.1) is 17.2 Å². The first kappa shape index (κ1) is 22.6. The second-order valence-electron chi connectivity index (χ2n) is 8.94. The zero-order chi connectivity index (χ0) is 24.2. The van der Waals surface area contributed by atoms with Crippen molar-refractivity contribution in [1.29, 1.82) is 5.26 Å². The highest BCUT2D eigenvalue weighted by Gasteiger charge is 2.22. The van der Waals surface area contributed by atoms with Crippen LogP contribution in [-0.2, 0) is 6.42 Å². The van der Waals surface area contributed by atoms with Gasteiger partial charge in [0, 0.05) is 55.0 Å². The molecular weight excluding hydrogens is 436 g/mol. The molecule has 1 amide bonds. The number of piperazine rings is 1. The molecule has 1 saturated heterocycles. The van der Waals surface area contributed by atoms with Gasteiger partial charge >= 0.3 is 0 Å². The van der Waals surface area contributed by atoms with Crippen molar-refractivity contribution in [3.8, 4) is 17.2 Å². The van der Waals surface area contributed by atoms with Crippen molar-refractivity contribution in [3.05, 3.63) is 83.7 Å². The fourth-order valence-corrected chi connectivity index (χ4v) is 4.81. The van der Waals surface area contributed by atoms with Crippen LogP contribution in [-0.4, -0.2) is 53.5 Å². The molecule has 7 heteroatoms. The first-order valence-corrected chi connectivity index (χ1v) is 11.9. The van der Waals surface area contributed by atoms with Crippen molar-refractivity contribution in [1.82, 2.24) is 14.9 Å². The molecule has 1 fully saturated rings. The van der Waals surface area contributed by atoms with Gasteiger partial charge in [0.25, 0.3) is 5.91 Å². The molecule has 0 spiro atoms. The summed E-state index contributed by atoms with van der Waals surface area (Å²) in [7, 11) is 0. The zero-order valence-corrected chi connectivity index (χ0v) is 19.6. The van der Waals surface area contributed by atoms with E-state index < -0.39 is 5.91 Å². The molecule has 2 aromatic heterocycles. The number of carbonyl (C=O) groups excluding carboxylic acids is 1. The van der Waals surface area contributed by atoms with Crippen molar-refractivity contribution in [2.24, 2.45) is 5.73 Å². The average molecular weight is 465 g/mol. The molecule has 1 aliphatic rings. The lowest BCUT2D eigenvalue weighted by Crippen LogP contribution is -2.47. The Labute approximate surface area is 204 Å². The van der Waals surface area contributed by atoms with Crippen LogP contribution in [0, 0.1) is 11.3 Å². The molecule has 1 aliphatic heterocycles. The molecule has 0 bridgehead atoms. The molecule has 2 aromatic carbocycles. The van der Waals surface area contributed by atoms with Crippen LogP contribution in [0.2, 0.25) is 0 Å². The van der Waals surface area contributed by atoms with Gasteiger partial charge in [0.1, 0.15) is 5.82 Å². The van der Waals surface area contributed by atoms with E-state index in [1.54, 1.807) is 0 Å². The first-order valence-electron chi connectivity index (χ1n) is 11.9. The summed E-state index contributed by atoms with van der Waals surface area (Å²) < 4.78 is 0. The molecule has 3 N–H and O–H groups in total. The van der Waals surface area contributed by atoms with E-state index in [4.69, 9.17) is 5.73 Å². The SMILES string of the molecule is N#Cc1ccc2[nH]cc(CCCN3CCN(c4ncc(-c5ccccc5)cc4C(N)=O)CC3)c2c1. The number of benzene rings is 2. The Morgan fingerprint density at radius 3 is 2.60 bits per heavy atom. The number of amides is 1. The van der Waals surface area contributed by atoms with Crippen LogP contribution in [0.15, 0.2) is 67.0 Å². The summed E-state index contributed by atoms with van der Waals surface area (Å²) in [5.74, 6) is 0.218. The number of anilines is 1. The van der Waals surface area contributed by atoms with Crippen molar-refractivity contribution in [2.75, 3.05) is 37.6 Å².